The zero-order valence-electron chi connectivity index (χ0n) is 16.7. The highest BCUT2D eigenvalue weighted by Gasteiger charge is 2.35. The summed E-state index contributed by atoms with van der Waals surface area (Å²) < 4.78 is 0. The molecule has 0 bridgehead atoms. The molecule has 0 saturated heterocycles. The lowest BCUT2D eigenvalue weighted by Crippen LogP contribution is -2.15. The molecular weight excluding hydrogens is 348 g/mol. The van der Waals surface area contributed by atoms with Crippen molar-refractivity contribution in [2.75, 3.05) is 0 Å². The average Bonchev–Trinajstić information content (AvgIpc) is 2.98. The van der Waals surface area contributed by atoms with Gasteiger partial charge >= 0.3 is 0 Å². The molecular formula is C29H22. The number of hydrogen-bond donors (Lipinski definition) is 0. The minimum absolute atomic E-state index is 0.00467. The quantitative estimate of drug-likeness (QED) is 0.281. The first-order valence-corrected chi connectivity index (χ1v) is 10.3. The first-order valence-electron chi connectivity index (χ1n) is 10.3. The number of benzene rings is 5. The van der Waals surface area contributed by atoms with Crippen LogP contribution in [0.5, 0.6) is 0 Å². The van der Waals surface area contributed by atoms with Gasteiger partial charge in [0.05, 0.1) is 0 Å². The predicted octanol–water partition coefficient (Wildman–Crippen LogP) is 7.97. The summed E-state index contributed by atoms with van der Waals surface area (Å²) in [6.07, 6.45) is 0. The summed E-state index contributed by atoms with van der Waals surface area (Å²) in [7, 11) is 0. The van der Waals surface area contributed by atoms with Gasteiger partial charge in [0.25, 0.3) is 0 Å². The van der Waals surface area contributed by atoms with Crippen molar-refractivity contribution in [3.05, 3.63) is 108 Å². The predicted molar refractivity (Wildman–Crippen MR) is 124 cm³/mol. The van der Waals surface area contributed by atoms with Crippen molar-refractivity contribution in [2.24, 2.45) is 0 Å². The monoisotopic (exact) mass is 370 g/mol. The van der Waals surface area contributed by atoms with E-state index in [1.807, 2.05) is 0 Å². The van der Waals surface area contributed by atoms with Crippen molar-refractivity contribution in [2.45, 2.75) is 19.3 Å². The summed E-state index contributed by atoms with van der Waals surface area (Å²) in [4.78, 5) is 0. The third kappa shape index (κ3) is 2.32. The highest BCUT2D eigenvalue weighted by Crippen LogP contribution is 2.51. The van der Waals surface area contributed by atoms with E-state index in [-0.39, 0.29) is 5.41 Å². The molecule has 5 aromatic rings. The molecule has 0 nitrogen and oxygen atoms in total. The van der Waals surface area contributed by atoms with Crippen LogP contribution < -0.4 is 0 Å². The van der Waals surface area contributed by atoms with Crippen LogP contribution in [0, 0.1) is 0 Å². The van der Waals surface area contributed by atoms with Crippen LogP contribution in [0.4, 0.5) is 0 Å². The molecule has 0 aromatic heterocycles. The second-order valence-corrected chi connectivity index (χ2v) is 8.66. The molecule has 0 saturated carbocycles. The van der Waals surface area contributed by atoms with E-state index in [9.17, 15) is 0 Å². The highest BCUT2D eigenvalue weighted by atomic mass is 14.4. The van der Waals surface area contributed by atoms with Gasteiger partial charge in [0.1, 0.15) is 0 Å². The zero-order valence-corrected chi connectivity index (χ0v) is 16.7. The topological polar surface area (TPSA) is 0 Å². The van der Waals surface area contributed by atoms with E-state index in [0.717, 1.165) is 0 Å². The number of rotatable bonds is 1. The van der Waals surface area contributed by atoms with E-state index in [1.165, 1.54) is 54.9 Å². The van der Waals surface area contributed by atoms with Gasteiger partial charge in [-0.2, -0.15) is 0 Å². The lowest BCUT2D eigenvalue weighted by molar-refractivity contribution is 0.661. The summed E-state index contributed by atoms with van der Waals surface area (Å²) in [6.45, 7) is 4.72. The van der Waals surface area contributed by atoms with Crippen molar-refractivity contribution in [3.8, 4) is 22.3 Å². The van der Waals surface area contributed by atoms with Crippen molar-refractivity contribution >= 4 is 21.5 Å². The molecule has 5 aromatic carbocycles. The minimum Gasteiger partial charge on any atom is -0.0616 e. The summed E-state index contributed by atoms with van der Waals surface area (Å²) >= 11 is 0. The molecule has 0 aliphatic heterocycles. The van der Waals surface area contributed by atoms with Gasteiger partial charge < -0.3 is 0 Å². The van der Waals surface area contributed by atoms with Crippen LogP contribution in [0.3, 0.4) is 0 Å². The fourth-order valence-electron chi connectivity index (χ4n) is 5.07. The Bertz CT molecular complexity index is 1410. The molecule has 0 radical (unpaired) electrons. The Morgan fingerprint density at radius 1 is 0.483 bits per heavy atom. The maximum absolute atomic E-state index is 2.42. The molecule has 1 aliphatic rings. The van der Waals surface area contributed by atoms with Gasteiger partial charge in [-0.25, -0.2) is 0 Å². The van der Waals surface area contributed by atoms with Crippen LogP contribution in [0.15, 0.2) is 97.1 Å². The smallest absolute Gasteiger partial charge is 0.0159 e. The van der Waals surface area contributed by atoms with E-state index in [1.54, 1.807) is 0 Å². The lowest BCUT2D eigenvalue weighted by atomic mass is 9.81. The summed E-state index contributed by atoms with van der Waals surface area (Å²) in [5.74, 6) is 0. The molecule has 0 atom stereocenters. The fourth-order valence-corrected chi connectivity index (χ4v) is 5.07. The SMILES string of the molecule is CC1(C)c2cc(-c3cccc4ccccc34)ccc2-c2cc3ccccc3cc21. The van der Waals surface area contributed by atoms with Gasteiger partial charge in [-0.15, -0.1) is 0 Å². The van der Waals surface area contributed by atoms with Crippen LogP contribution in [-0.2, 0) is 5.41 Å². The zero-order chi connectivity index (χ0) is 19.6. The van der Waals surface area contributed by atoms with Gasteiger partial charge in [0.15, 0.2) is 0 Å². The lowest BCUT2D eigenvalue weighted by Gasteiger charge is -2.22. The van der Waals surface area contributed by atoms with Crippen LogP contribution >= 0.6 is 0 Å². The van der Waals surface area contributed by atoms with E-state index in [2.05, 4.69) is 111 Å². The summed E-state index contributed by atoms with van der Waals surface area (Å²) in [6, 6.07) is 35.7. The molecule has 0 heterocycles. The summed E-state index contributed by atoms with van der Waals surface area (Å²) in [5.41, 5.74) is 8.21. The molecule has 6 rings (SSSR count). The maximum atomic E-state index is 2.42. The molecule has 0 unspecified atom stereocenters. The molecule has 29 heavy (non-hydrogen) atoms. The highest BCUT2D eigenvalue weighted by molar-refractivity contribution is 5.98. The second kappa shape index (κ2) is 5.81. The minimum atomic E-state index is -0.00467. The van der Waals surface area contributed by atoms with Gasteiger partial charge in [-0.05, 0) is 73.1 Å². The third-order valence-corrected chi connectivity index (χ3v) is 6.64. The number of fused-ring (bicyclic) bond motifs is 5. The Balaban J connectivity index is 1.60. The molecule has 0 fully saturated rings. The Kier molecular flexibility index (Phi) is 3.32. The number of hydrogen-bond acceptors (Lipinski definition) is 0. The Labute approximate surface area is 171 Å². The van der Waals surface area contributed by atoms with Crippen molar-refractivity contribution in [1.82, 2.24) is 0 Å². The molecule has 0 N–H and O–H groups in total. The van der Waals surface area contributed by atoms with Crippen molar-refractivity contribution in [1.29, 1.82) is 0 Å². The first kappa shape index (κ1) is 16.6. The molecule has 1 aliphatic carbocycles. The van der Waals surface area contributed by atoms with E-state index >= 15 is 0 Å². The van der Waals surface area contributed by atoms with Crippen LogP contribution in [-0.4, -0.2) is 0 Å². The molecule has 0 amide bonds. The molecule has 138 valence electrons. The van der Waals surface area contributed by atoms with Crippen LogP contribution in [0.1, 0.15) is 25.0 Å². The third-order valence-electron chi connectivity index (χ3n) is 6.64. The van der Waals surface area contributed by atoms with E-state index in [4.69, 9.17) is 0 Å². The van der Waals surface area contributed by atoms with E-state index in [0.29, 0.717) is 0 Å². The molecule has 0 spiro atoms. The van der Waals surface area contributed by atoms with Crippen molar-refractivity contribution in [3.63, 3.8) is 0 Å². The van der Waals surface area contributed by atoms with Gasteiger partial charge in [-0.1, -0.05) is 92.7 Å². The normalized spacial score (nSPS) is 14.1. The Morgan fingerprint density at radius 2 is 1.14 bits per heavy atom. The molecule has 0 heteroatoms. The fraction of sp³-hybridized carbons (Fsp3) is 0.103. The largest absolute Gasteiger partial charge is 0.0616 e. The van der Waals surface area contributed by atoms with Gasteiger partial charge in [0.2, 0.25) is 0 Å². The second-order valence-electron chi connectivity index (χ2n) is 8.66. The van der Waals surface area contributed by atoms with Crippen LogP contribution in [0.25, 0.3) is 43.8 Å². The Hall–Kier alpha value is -3.38. The summed E-state index contributed by atoms with van der Waals surface area (Å²) in [5, 5.41) is 5.24. The van der Waals surface area contributed by atoms with Gasteiger partial charge in [-0.3, -0.25) is 0 Å². The van der Waals surface area contributed by atoms with E-state index < -0.39 is 0 Å². The first-order chi connectivity index (χ1) is 14.1. The van der Waals surface area contributed by atoms with Crippen molar-refractivity contribution < 1.29 is 0 Å². The van der Waals surface area contributed by atoms with Crippen LogP contribution in [0.2, 0.25) is 0 Å². The van der Waals surface area contributed by atoms with Gasteiger partial charge in [0, 0.05) is 5.41 Å². The average molecular weight is 370 g/mol. The Morgan fingerprint density at radius 3 is 1.97 bits per heavy atom. The standard InChI is InChI=1S/C29H22/c1-29(2)27-18-22(24-13-7-11-19-8-5-6-12-23(19)24)14-15-25(27)26-16-20-9-3-4-10-21(20)17-28(26)29/h3-18H,1-2H3. The maximum Gasteiger partial charge on any atom is 0.0159 e.